The van der Waals surface area contributed by atoms with E-state index in [9.17, 15) is 4.39 Å². The van der Waals surface area contributed by atoms with Gasteiger partial charge in [-0.15, -0.1) is 0 Å². The highest BCUT2D eigenvalue weighted by Gasteiger charge is 2.08. The maximum absolute atomic E-state index is 13.1. The van der Waals surface area contributed by atoms with Gasteiger partial charge in [0.15, 0.2) is 5.96 Å². The highest BCUT2D eigenvalue weighted by molar-refractivity contribution is 5.79. The quantitative estimate of drug-likeness (QED) is 0.409. The van der Waals surface area contributed by atoms with Crippen LogP contribution in [-0.2, 0) is 13.0 Å². The Bertz CT molecular complexity index is 954. The molecule has 0 saturated heterocycles. The minimum atomic E-state index is -0.283. The summed E-state index contributed by atoms with van der Waals surface area (Å²) < 4.78 is 24.2. The number of aromatic nitrogens is 1. The summed E-state index contributed by atoms with van der Waals surface area (Å²) in [5.41, 5.74) is 2.61. The van der Waals surface area contributed by atoms with Crippen molar-refractivity contribution in [2.45, 2.75) is 26.8 Å². The second kappa shape index (κ2) is 11.0. The summed E-state index contributed by atoms with van der Waals surface area (Å²) in [4.78, 5) is 9.13. The van der Waals surface area contributed by atoms with Gasteiger partial charge < -0.3 is 19.8 Å². The molecule has 3 rings (SSSR count). The monoisotopic (exact) mass is 410 g/mol. The summed E-state index contributed by atoms with van der Waals surface area (Å²) in [6, 6.07) is 14.0. The first kappa shape index (κ1) is 21.4. The smallest absolute Gasteiger partial charge is 0.226 e. The topological polar surface area (TPSA) is 71.7 Å². The number of hydrogen-bond donors (Lipinski definition) is 2. The van der Waals surface area contributed by atoms with E-state index in [-0.39, 0.29) is 5.82 Å². The zero-order valence-corrected chi connectivity index (χ0v) is 17.3. The molecule has 0 aliphatic carbocycles. The van der Waals surface area contributed by atoms with Gasteiger partial charge in [-0.3, -0.25) is 0 Å². The summed E-state index contributed by atoms with van der Waals surface area (Å²) in [7, 11) is 0. The third kappa shape index (κ3) is 6.07. The van der Waals surface area contributed by atoms with Gasteiger partial charge in [0, 0.05) is 30.6 Å². The molecule has 0 bridgehead atoms. The van der Waals surface area contributed by atoms with E-state index in [2.05, 4.69) is 20.6 Å². The van der Waals surface area contributed by atoms with Crippen LogP contribution in [0.2, 0.25) is 0 Å². The first-order valence-electron chi connectivity index (χ1n) is 10.1. The van der Waals surface area contributed by atoms with E-state index >= 15 is 0 Å². The van der Waals surface area contributed by atoms with Gasteiger partial charge in [0.2, 0.25) is 5.89 Å². The molecular formula is C23H27FN4O2. The molecule has 0 atom stereocenters. The Hall–Kier alpha value is -3.35. The minimum absolute atomic E-state index is 0.283. The molecule has 2 N–H and O–H groups in total. The third-order valence-electron chi connectivity index (χ3n) is 4.34. The Kier molecular flexibility index (Phi) is 7.83. The molecule has 0 saturated carbocycles. The van der Waals surface area contributed by atoms with Gasteiger partial charge in [-0.2, -0.15) is 0 Å². The van der Waals surface area contributed by atoms with Gasteiger partial charge in [-0.25, -0.2) is 14.4 Å². The van der Waals surface area contributed by atoms with Gasteiger partial charge >= 0.3 is 0 Å². The van der Waals surface area contributed by atoms with Crippen LogP contribution in [0.15, 0.2) is 64.2 Å². The Morgan fingerprint density at radius 1 is 1.10 bits per heavy atom. The second-order valence-corrected chi connectivity index (χ2v) is 6.56. The van der Waals surface area contributed by atoms with Gasteiger partial charge in [-0.05, 0) is 44.2 Å². The number of para-hydroxylation sites is 1. The van der Waals surface area contributed by atoms with Gasteiger partial charge in [0.1, 0.15) is 17.8 Å². The largest absolute Gasteiger partial charge is 0.494 e. The molecular weight excluding hydrogens is 383 g/mol. The number of ether oxygens (including phenoxy) is 1. The lowest BCUT2D eigenvalue weighted by Gasteiger charge is -2.12. The van der Waals surface area contributed by atoms with E-state index in [1.807, 2.05) is 38.1 Å². The molecule has 0 radical (unpaired) electrons. The van der Waals surface area contributed by atoms with Crippen LogP contribution in [0.25, 0.3) is 11.5 Å². The SMILES string of the molecule is CCNC(=NCc1ccccc1OCC)NCCc1coc(-c2ccc(F)cc2)n1. The van der Waals surface area contributed by atoms with Crippen molar-refractivity contribution in [2.75, 3.05) is 19.7 Å². The molecule has 30 heavy (non-hydrogen) atoms. The molecule has 7 heteroatoms. The molecule has 0 unspecified atom stereocenters. The molecule has 0 aliphatic rings. The number of halogens is 1. The third-order valence-corrected chi connectivity index (χ3v) is 4.34. The van der Waals surface area contributed by atoms with Crippen LogP contribution in [-0.4, -0.2) is 30.6 Å². The van der Waals surface area contributed by atoms with Crippen molar-refractivity contribution in [1.29, 1.82) is 0 Å². The van der Waals surface area contributed by atoms with E-state index < -0.39 is 0 Å². The predicted octanol–water partition coefficient (Wildman–Crippen LogP) is 4.18. The van der Waals surface area contributed by atoms with Crippen LogP contribution in [0.3, 0.4) is 0 Å². The molecule has 0 spiro atoms. The number of guanidine groups is 1. The van der Waals surface area contributed by atoms with Crippen LogP contribution < -0.4 is 15.4 Å². The number of nitrogens with zero attached hydrogens (tertiary/aromatic N) is 2. The van der Waals surface area contributed by atoms with Crippen molar-refractivity contribution in [1.82, 2.24) is 15.6 Å². The number of hydrogen-bond acceptors (Lipinski definition) is 4. The zero-order valence-electron chi connectivity index (χ0n) is 17.3. The molecule has 3 aromatic rings. The second-order valence-electron chi connectivity index (χ2n) is 6.56. The van der Waals surface area contributed by atoms with Crippen molar-refractivity contribution in [2.24, 2.45) is 4.99 Å². The Balaban J connectivity index is 1.56. The molecule has 6 nitrogen and oxygen atoms in total. The maximum Gasteiger partial charge on any atom is 0.226 e. The lowest BCUT2D eigenvalue weighted by Crippen LogP contribution is -2.38. The standard InChI is InChI=1S/C23H27FN4O2/c1-3-25-23(27-15-18-7-5-6-8-21(18)29-4-2)26-14-13-20-16-30-22(28-20)17-9-11-19(24)12-10-17/h5-12,16H,3-4,13-15H2,1-2H3,(H2,25,26,27). The van der Waals surface area contributed by atoms with E-state index in [0.29, 0.717) is 32.0 Å². The normalized spacial score (nSPS) is 11.4. The molecule has 0 fully saturated rings. The lowest BCUT2D eigenvalue weighted by molar-refractivity contribution is 0.336. The predicted molar refractivity (Wildman–Crippen MR) is 116 cm³/mol. The van der Waals surface area contributed by atoms with Crippen LogP contribution in [0.4, 0.5) is 4.39 Å². The fourth-order valence-corrected chi connectivity index (χ4v) is 2.89. The van der Waals surface area contributed by atoms with E-state index in [0.717, 1.165) is 35.1 Å². The fraction of sp³-hybridized carbons (Fsp3) is 0.304. The van der Waals surface area contributed by atoms with Crippen molar-refractivity contribution in [3.8, 4) is 17.2 Å². The average molecular weight is 410 g/mol. The van der Waals surface area contributed by atoms with E-state index in [1.165, 1.54) is 12.1 Å². The highest BCUT2D eigenvalue weighted by atomic mass is 19.1. The van der Waals surface area contributed by atoms with Crippen molar-refractivity contribution < 1.29 is 13.5 Å². The van der Waals surface area contributed by atoms with Crippen molar-refractivity contribution >= 4 is 5.96 Å². The maximum atomic E-state index is 13.1. The Morgan fingerprint density at radius 3 is 2.67 bits per heavy atom. The average Bonchev–Trinajstić information content (AvgIpc) is 3.22. The minimum Gasteiger partial charge on any atom is -0.494 e. The molecule has 158 valence electrons. The molecule has 0 aliphatic heterocycles. The molecule has 1 heterocycles. The van der Waals surface area contributed by atoms with Crippen molar-refractivity contribution in [3.05, 3.63) is 71.9 Å². The summed E-state index contributed by atoms with van der Waals surface area (Å²) in [5.74, 6) is 1.79. The summed E-state index contributed by atoms with van der Waals surface area (Å²) in [5, 5.41) is 6.56. The van der Waals surface area contributed by atoms with Crippen LogP contribution in [0.1, 0.15) is 25.1 Å². The Labute approximate surface area is 176 Å². The molecule has 1 aromatic heterocycles. The van der Waals surface area contributed by atoms with Crippen LogP contribution in [0.5, 0.6) is 5.75 Å². The highest BCUT2D eigenvalue weighted by Crippen LogP contribution is 2.20. The summed E-state index contributed by atoms with van der Waals surface area (Å²) in [6.45, 7) is 6.54. The molecule has 2 aromatic carbocycles. The first-order valence-corrected chi connectivity index (χ1v) is 10.1. The number of nitrogens with one attached hydrogen (secondary N) is 2. The van der Waals surface area contributed by atoms with Crippen molar-refractivity contribution in [3.63, 3.8) is 0 Å². The van der Waals surface area contributed by atoms with Gasteiger partial charge in [-0.1, -0.05) is 18.2 Å². The van der Waals surface area contributed by atoms with E-state index in [4.69, 9.17) is 9.15 Å². The summed E-state index contributed by atoms with van der Waals surface area (Å²) >= 11 is 0. The van der Waals surface area contributed by atoms with Gasteiger partial charge in [0.25, 0.3) is 0 Å². The summed E-state index contributed by atoms with van der Waals surface area (Å²) in [6.07, 6.45) is 2.30. The fourth-order valence-electron chi connectivity index (χ4n) is 2.89. The van der Waals surface area contributed by atoms with Gasteiger partial charge in [0.05, 0.1) is 18.8 Å². The zero-order chi connectivity index (χ0) is 21.2. The molecule has 0 amide bonds. The van der Waals surface area contributed by atoms with Crippen LogP contribution in [0, 0.1) is 5.82 Å². The number of aliphatic imine (C=N–C) groups is 1. The first-order chi connectivity index (χ1) is 14.7. The van der Waals surface area contributed by atoms with E-state index in [1.54, 1.807) is 18.4 Å². The number of oxazole rings is 1. The lowest BCUT2D eigenvalue weighted by atomic mass is 10.2. The number of rotatable bonds is 9. The number of benzene rings is 2. The Morgan fingerprint density at radius 2 is 1.90 bits per heavy atom. The van der Waals surface area contributed by atoms with Crippen LogP contribution >= 0.6 is 0 Å².